The van der Waals surface area contributed by atoms with Gasteiger partial charge in [-0.05, 0) is 48.8 Å². The summed E-state index contributed by atoms with van der Waals surface area (Å²) >= 11 is 1.39. The first-order valence-electron chi connectivity index (χ1n) is 10.4. The fourth-order valence-corrected chi connectivity index (χ4v) is 5.10. The van der Waals surface area contributed by atoms with Gasteiger partial charge in [0.15, 0.2) is 15.9 Å². The van der Waals surface area contributed by atoms with E-state index >= 15 is 0 Å². The van der Waals surface area contributed by atoms with Gasteiger partial charge in [0.2, 0.25) is 0 Å². The first-order chi connectivity index (χ1) is 15.9. The number of rotatable bonds is 5. The third-order valence-electron chi connectivity index (χ3n) is 5.60. The average molecular weight is 530 g/mol. The molecule has 0 radical (unpaired) electrons. The van der Waals surface area contributed by atoms with Gasteiger partial charge in [0.25, 0.3) is 5.91 Å². The minimum absolute atomic E-state index is 0. The molecule has 12 heteroatoms. The van der Waals surface area contributed by atoms with Crippen molar-refractivity contribution in [1.82, 2.24) is 9.27 Å². The van der Waals surface area contributed by atoms with Crippen molar-refractivity contribution >= 4 is 43.2 Å². The lowest BCUT2D eigenvalue weighted by Gasteiger charge is -2.35. The van der Waals surface area contributed by atoms with Gasteiger partial charge >= 0.3 is 6.18 Å². The summed E-state index contributed by atoms with van der Waals surface area (Å²) in [6.45, 7) is 2.36. The van der Waals surface area contributed by atoms with E-state index in [0.29, 0.717) is 26.2 Å². The summed E-state index contributed by atoms with van der Waals surface area (Å²) in [5.74, 6) is -0.0670. The maximum atomic E-state index is 13.3. The Bertz CT molecular complexity index is 1320. The van der Waals surface area contributed by atoms with Crippen molar-refractivity contribution in [2.45, 2.75) is 31.5 Å². The van der Waals surface area contributed by atoms with E-state index in [4.69, 9.17) is 4.74 Å². The Balaban J connectivity index is 0.00000342. The van der Waals surface area contributed by atoms with Crippen molar-refractivity contribution < 1.29 is 31.1 Å². The Hall–Kier alpha value is -2.86. The second-order valence-electron chi connectivity index (χ2n) is 8.01. The van der Waals surface area contributed by atoms with E-state index in [0.717, 1.165) is 47.3 Å². The molecule has 0 bridgehead atoms. The SMILES string of the molecule is C.C[C@H](Oc1ccc(S(C)(=O)=O)cc1C(=O)N1CCN(c2nsc3ccccc23)CC1)C(F)(F)F. The number of carbonyl (C=O) groups is 1. The van der Waals surface area contributed by atoms with E-state index in [1.807, 2.05) is 24.3 Å². The van der Waals surface area contributed by atoms with Gasteiger partial charge in [-0.1, -0.05) is 19.6 Å². The van der Waals surface area contributed by atoms with E-state index < -0.39 is 28.0 Å². The topological polar surface area (TPSA) is 79.8 Å². The molecule has 2 heterocycles. The standard InChI is InChI=1S/C22H22F3N3O4S2.CH4/c1-14(22(23,24)25)32-18-8-7-15(34(2,30)31)13-17(18)21(29)28-11-9-27(10-12-28)20-16-5-3-4-6-19(16)33-26-20;/h3-8,13-14H,9-12H2,1-2H3;1H4/t14-;/m0./s1. The van der Waals surface area contributed by atoms with Gasteiger partial charge in [0.1, 0.15) is 11.6 Å². The van der Waals surface area contributed by atoms with Crippen LogP contribution in [-0.2, 0) is 9.84 Å². The van der Waals surface area contributed by atoms with Crippen LogP contribution in [0.2, 0.25) is 0 Å². The van der Waals surface area contributed by atoms with Crippen LogP contribution in [0.4, 0.5) is 19.0 Å². The number of halogens is 3. The molecular formula is C23H26F3N3O4S2. The highest BCUT2D eigenvalue weighted by Crippen LogP contribution is 2.32. The van der Waals surface area contributed by atoms with Crippen LogP contribution < -0.4 is 9.64 Å². The van der Waals surface area contributed by atoms with Crippen LogP contribution in [0.1, 0.15) is 24.7 Å². The highest BCUT2D eigenvalue weighted by Gasteiger charge is 2.39. The van der Waals surface area contributed by atoms with Gasteiger partial charge in [0.05, 0.1) is 15.2 Å². The van der Waals surface area contributed by atoms with Gasteiger partial charge in [-0.2, -0.15) is 17.5 Å². The van der Waals surface area contributed by atoms with E-state index in [9.17, 15) is 26.4 Å². The largest absolute Gasteiger partial charge is 0.480 e. The second kappa shape index (κ2) is 10.0. The lowest BCUT2D eigenvalue weighted by molar-refractivity contribution is -0.189. The smallest absolute Gasteiger partial charge is 0.425 e. The number of nitrogens with zero attached hydrogens (tertiary/aromatic N) is 3. The van der Waals surface area contributed by atoms with Crippen LogP contribution >= 0.6 is 11.5 Å². The molecule has 1 aliphatic heterocycles. The number of sulfone groups is 1. The molecule has 2 aromatic carbocycles. The van der Waals surface area contributed by atoms with Crippen LogP contribution in [0, 0.1) is 0 Å². The molecule has 0 unspecified atom stereocenters. The summed E-state index contributed by atoms with van der Waals surface area (Å²) in [5, 5.41) is 1.02. The maximum absolute atomic E-state index is 13.3. The Morgan fingerprint density at radius 2 is 1.77 bits per heavy atom. The fraction of sp³-hybridized carbons (Fsp3) is 0.391. The quantitative estimate of drug-likeness (QED) is 0.480. The molecule has 1 amide bonds. The first-order valence-corrected chi connectivity index (χ1v) is 13.1. The fourth-order valence-electron chi connectivity index (χ4n) is 3.66. The number of piperazine rings is 1. The number of anilines is 1. The third kappa shape index (κ3) is 5.69. The van der Waals surface area contributed by atoms with E-state index in [-0.39, 0.29) is 23.6 Å². The summed E-state index contributed by atoms with van der Waals surface area (Å²) in [4.78, 5) is 16.6. The number of alkyl halides is 3. The molecule has 190 valence electrons. The number of fused-ring (bicyclic) bond motifs is 1. The molecule has 0 spiro atoms. The number of hydrogen-bond acceptors (Lipinski definition) is 7. The predicted molar refractivity (Wildman–Crippen MR) is 130 cm³/mol. The molecule has 0 saturated carbocycles. The molecule has 1 saturated heterocycles. The summed E-state index contributed by atoms with van der Waals surface area (Å²) in [5.41, 5.74) is -0.216. The van der Waals surface area contributed by atoms with Crippen molar-refractivity contribution in [3.8, 4) is 5.75 Å². The molecule has 3 aromatic rings. The van der Waals surface area contributed by atoms with E-state index in [1.54, 1.807) is 0 Å². The number of aromatic nitrogens is 1. The highest BCUT2D eigenvalue weighted by atomic mass is 32.2. The van der Waals surface area contributed by atoms with Crippen molar-refractivity contribution in [2.24, 2.45) is 0 Å². The molecule has 0 aliphatic carbocycles. The number of hydrogen-bond donors (Lipinski definition) is 0. The highest BCUT2D eigenvalue weighted by molar-refractivity contribution is 7.90. The second-order valence-corrected chi connectivity index (χ2v) is 10.8. The van der Waals surface area contributed by atoms with Crippen LogP contribution in [0.25, 0.3) is 10.1 Å². The maximum Gasteiger partial charge on any atom is 0.425 e. The van der Waals surface area contributed by atoms with E-state index in [1.165, 1.54) is 16.4 Å². The summed E-state index contributed by atoms with van der Waals surface area (Å²) in [7, 11) is -3.69. The molecule has 35 heavy (non-hydrogen) atoms. The minimum atomic E-state index is -4.64. The minimum Gasteiger partial charge on any atom is -0.480 e. The molecule has 7 nitrogen and oxygen atoms in total. The molecule has 1 aliphatic rings. The van der Waals surface area contributed by atoms with Gasteiger partial charge < -0.3 is 14.5 Å². The number of ether oxygens (including phenoxy) is 1. The van der Waals surface area contributed by atoms with Crippen LogP contribution in [0.5, 0.6) is 5.75 Å². The molecule has 1 atom stereocenters. The molecule has 4 rings (SSSR count). The van der Waals surface area contributed by atoms with Crippen LogP contribution in [0.3, 0.4) is 0 Å². The third-order valence-corrected chi connectivity index (χ3v) is 7.53. The zero-order valence-corrected chi connectivity index (χ0v) is 20.0. The van der Waals surface area contributed by atoms with Crippen molar-refractivity contribution in [2.75, 3.05) is 37.3 Å². The zero-order valence-electron chi connectivity index (χ0n) is 18.4. The monoisotopic (exact) mass is 529 g/mol. The van der Waals surface area contributed by atoms with Gasteiger partial charge in [0, 0.05) is 37.8 Å². The molecule has 0 N–H and O–H groups in total. The van der Waals surface area contributed by atoms with Crippen LogP contribution in [0.15, 0.2) is 47.4 Å². The summed E-state index contributed by atoms with van der Waals surface area (Å²) in [6, 6.07) is 11.1. The van der Waals surface area contributed by atoms with Gasteiger partial charge in [-0.15, -0.1) is 0 Å². The first kappa shape index (κ1) is 26.7. The predicted octanol–water partition coefficient (Wildman–Crippen LogP) is 4.63. The Kier molecular flexibility index (Phi) is 7.65. The van der Waals surface area contributed by atoms with Gasteiger partial charge in [-0.25, -0.2) is 8.42 Å². The lowest BCUT2D eigenvalue weighted by atomic mass is 10.1. The van der Waals surface area contributed by atoms with Gasteiger partial charge in [-0.3, -0.25) is 4.79 Å². The molecule has 1 fully saturated rings. The van der Waals surface area contributed by atoms with Crippen molar-refractivity contribution in [1.29, 1.82) is 0 Å². The normalized spacial score (nSPS) is 15.6. The summed E-state index contributed by atoms with van der Waals surface area (Å²) in [6.07, 6.45) is -5.85. The van der Waals surface area contributed by atoms with Crippen molar-refractivity contribution in [3.63, 3.8) is 0 Å². The Morgan fingerprint density at radius 1 is 1.11 bits per heavy atom. The lowest BCUT2D eigenvalue weighted by Crippen LogP contribution is -2.49. The molecule has 1 aromatic heterocycles. The molecular weight excluding hydrogens is 503 g/mol. The van der Waals surface area contributed by atoms with Crippen molar-refractivity contribution in [3.05, 3.63) is 48.0 Å². The number of amides is 1. The van der Waals surface area contributed by atoms with Crippen LogP contribution in [-0.4, -0.2) is 68.3 Å². The summed E-state index contributed by atoms with van der Waals surface area (Å²) < 4.78 is 73.8. The average Bonchev–Trinajstić information content (AvgIpc) is 3.22. The van der Waals surface area contributed by atoms with E-state index in [2.05, 4.69) is 9.27 Å². The number of benzene rings is 2. The zero-order chi connectivity index (χ0) is 24.7. The Morgan fingerprint density at radius 3 is 2.40 bits per heavy atom. The Labute approximate surface area is 206 Å². The number of carbonyl (C=O) groups excluding carboxylic acids is 1.